The number of amides is 2. The number of hydrogen-bond donors (Lipinski definition) is 1. The molecule has 7 heteroatoms. The predicted molar refractivity (Wildman–Crippen MR) is 94.5 cm³/mol. The summed E-state index contributed by atoms with van der Waals surface area (Å²) in [5.74, 6) is 1.09. The Balaban J connectivity index is 1.89. The third-order valence-electron chi connectivity index (χ3n) is 4.08. The lowest BCUT2D eigenvalue weighted by Crippen LogP contribution is -2.53. The molecule has 1 aromatic carbocycles. The van der Waals surface area contributed by atoms with Crippen LogP contribution in [0.3, 0.4) is 0 Å². The van der Waals surface area contributed by atoms with Crippen molar-refractivity contribution in [1.82, 2.24) is 9.80 Å². The highest BCUT2D eigenvalue weighted by Crippen LogP contribution is 2.16. The van der Waals surface area contributed by atoms with Crippen molar-refractivity contribution in [2.24, 2.45) is 0 Å². The third kappa shape index (κ3) is 4.64. The highest BCUT2D eigenvalue weighted by atomic mass is 32.2. The van der Waals surface area contributed by atoms with E-state index in [4.69, 9.17) is 4.74 Å². The van der Waals surface area contributed by atoms with Crippen molar-refractivity contribution >= 4 is 23.6 Å². The first-order chi connectivity index (χ1) is 11.6. The van der Waals surface area contributed by atoms with Crippen molar-refractivity contribution in [1.29, 1.82) is 0 Å². The molecule has 1 aliphatic rings. The van der Waals surface area contributed by atoms with Crippen LogP contribution < -0.4 is 4.74 Å². The number of benzene rings is 1. The Bertz CT molecular complexity index is 573. The minimum atomic E-state index is -0.946. The fourth-order valence-electron chi connectivity index (χ4n) is 2.63. The van der Waals surface area contributed by atoms with Crippen LogP contribution in [-0.2, 0) is 4.79 Å². The van der Waals surface area contributed by atoms with Crippen molar-refractivity contribution in [3.8, 4) is 5.75 Å². The standard InChI is InChI=1S/C17H24N2O4S/c1-23-14-5-3-4-13(12-14)16(21)18-7-9-19(10-8-18)17(22)15(20)6-11-24-2/h3-5,12,15,20H,6-11H2,1-2H3/t15-/m0/s1. The highest BCUT2D eigenvalue weighted by Gasteiger charge is 2.28. The summed E-state index contributed by atoms with van der Waals surface area (Å²) in [7, 11) is 1.57. The van der Waals surface area contributed by atoms with Gasteiger partial charge in [-0.25, -0.2) is 0 Å². The lowest BCUT2D eigenvalue weighted by Gasteiger charge is -2.35. The number of hydrogen-bond acceptors (Lipinski definition) is 5. The summed E-state index contributed by atoms with van der Waals surface area (Å²) < 4.78 is 5.15. The molecule has 1 saturated heterocycles. The monoisotopic (exact) mass is 352 g/mol. The minimum Gasteiger partial charge on any atom is -0.497 e. The number of carbonyl (C=O) groups excluding carboxylic acids is 2. The normalized spacial score (nSPS) is 16.0. The van der Waals surface area contributed by atoms with Crippen molar-refractivity contribution in [2.45, 2.75) is 12.5 Å². The van der Waals surface area contributed by atoms with Gasteiger partial charge in [0.2, 0.25) is 0 Å². The molecule has 0 aromatic heterocycles. The van der Waals surface area contributed by atoms with Crippen molar-refractivity contribution in [2.75, 3.05) is 45.3 Å². The lowest BCUT2D eigenvalue weighted by molar-refractivity contribution is -0.141. The van der Waals surface area contributed by atoms with E-state index in [0.717, 1.165) is 5.75 Å². The van der Waals surface area contributed by atoms with E-state index < -0.39 is 6.10 Å². The molecule has 1 aromatic rings. The van der Waals surface area contributed by atoms with E-state index >= 15 is 0 Å². The van der Waals surface area contributed by atoms with E-state index in [0.29, 0.717) is 43.9 Å². The van der Waals surface area contributed by atoms with Gasteiger partial charge in [-0.05, 0) is 36.6 Å². The summed E-state index contributed by atoms with van der Waals surface area (Å²) in [4.78, 5) is 28.1. The van der Waals surface area contributed by atoms with Gasteiger partial charge in [-0.15, -0.1) is 0 Å². The largest absolute Gasteiger partial charge is 0.497 e. The number of rotatable bonds is 6. The Morgan fingerprint density at radius 1 is 1.25 bits per heavy atom. The molecule has 1 heterocycles. The van der Waals surface area contributed by atoms with Crippen LogP contribution in [0.1, 0.15) is 16.8 Å². The van der Waals surface area contributed by atoms with E-state index in [1.165, 1.54) is 0 Å². The fourth-order valence-corrected chi connectivity index (χ4v) is 3.09. The number of aliphatic hydroxyl groups is 1. The molecule has 0 aliphatic carbocycles. The second-order valence-electron chi connectivity index (χ2n) is 5.65. The van der Waals surface area contributed by atoms with Gasteiger partial charge in [0.05, 0.1) is 7.11 Å². The summed E-state index contributed by atoms with van der Waals surface area (Å²) in [6.45, 7) is 1.84. The fraction of sp³-hybridized carbons (Fsp3) is 0.529. The lowest BCUT2D eigenvalue weighted by atomic mass is 10.1. The zero-order valence-corrected chi connectivity index (χ0v) is 14.9. The summed E-state index contributed by atoms with van der Waals surface area (Å²) in [6, 6.07) is 7.05. The number of aliphatic hydroxyl groups excluding tert-OH is 1. The van der Waals surface area contributed by atoms with Crippen LogP contribution in [0.4, 0.5) is 0 Å². The molecule has 2 amide bonds. The zero-order valence-electron chi connectivity index (χ0n) is 14.1. The third-order valence-corrected chi connectivity index (χ3v) is 4.72. The average Bonchev–Trinajstić information content (AvgIpc) is 2.65. The van der Waals surface area contributed by atoms with Gasteiger partial charge in [0, 0.05) is 31.7 Å². The Hall–Kier alpha value is -1.73. The van der Waals surface area contributed by atoms with Crippen molar-refractivity contribution in [3.05, 3.63) is 29.8 Å². The summed E-state index contributed by atoms with van der Waals surface area (Å²) in [5, 5.41) is 9.91. The molecular weight excluding hydrogens is 328 g/mol. The molecule has 0 radical (unpaired) electrons. The van der Waals surface area contributed by atoms with Crippen molar-refractivity contribution < 1.29 is 19.4 Å². The summed E-state index contributed by atoms with van der Waals surface area (Å²) in [6.07, 6.45) is 1.46. The molecule has 0 spiro atoms. The SMILES string of the molecule is COc1cccc(C(=O)N2CCN(C(=O)[C@@H](O)CCSC)CC2)c1. The second-order valence-corrected chi connectivity index (χ2v) is 6.63. The predicted octanol–water partition coefficient (Wildman–Crippen LogP) is 1.09. The molecule has 6 nitrogen and oxygen atoms in total. The van der Waals surface area contributed by atoms with Crippen molar-refractivity contribution in [3.63, 3.8) is 0 Å². The van der Waals surface area contributed by atoms with E-state index in [1.807, 2.05) is 6.26 Å². The van der Waals surface area contributed by atoms with Crippen LogP contribution in [0.15, 0.2) is 24.3 Å². The molecule has 0 saturated carbocycles. The van der Waals surface area contributed by atoms with E-state index in [9.17, 15) is 14.7 Å². The van der Waals surface area contributed by atoms with Gasteiger partial charge in [-0.2, -0.15) is 11.8 Å². The molecule has 2 rings (SSSR count). The number of nitrogens with zero attached hydrogens (tertiary/aromatic N) is 2. The van der Waals surface area contributed by atoms with Crippen LogP contribution >= 0.6 is 11.8 Å². The number of carbonyl (C=O) groups is 2. The first kappa shape index (κ1) is 18.6. The summed E-state index contributed by atoms with van der Waals surface area (Å²) in [5.41, 5.74) is 0.578. The van der Waals surface area contributed by atoms with Crippen LogP contribution in [0.25, 0.3) is 0 Å². The molecule has 0 bridgehead atoms. The molecule has 1 aliphatic heterocycles. The molecule has 1 fully saturated rings. The van der Waals surface area contributed by atoms with E-state index in [1.54, 1.807) is 52.9 Å². The highest BCUT2D eigenvalue weighted by molar-refractivity contribution is 7.98. The van der Waals surface area contributed by atoms with Gasteiger partial charge >= 0.3 is 0 Å². The maximum Gasteiger partial charge on any atom is 0.254 e. The Morgan fingerprint density at radius 2 is 1.92 bits per heavy atom. The van der Waals surface area contributed by atoms with Crippen LogP contribution in [-0.4, -0.2) is 78.1 Å². The first-order valence-electron chi connectivity index (χ1n) is 7.96. The van der Waals surface area contributed by atoms with E-state index in [-0.39, 0.29) is 11.8 Å². The molecule has 132 valence electrons. The maximum atomic E-state index is 12.5. The van der Waals surface area contributed by atoms with Crippen LogP contribution in [0.2, 0.25) is 0 Å². The molecule has 1 N–H and O–H groups in total. The van der Waals surface area contributed by atoms with E-state index in [2.05, 4.69) is 0 Å². The topological polar surface area (TPSA) is 70.1 Å². The Labute approximate surface area is 146 Å². The number of methoxy groups -OCH3 is 1. The smallest absolute Gasteiger partial charge is 0.254 e. The average molecular weight is 352 g/mol. The molecular formula is C17H24N2O4S. The number of piperazine rings is 1. The molecule has 1 atom stereocenters. The van der Waals surface area contributed by atoms with Gasteiger partial charge in [-0.3, -0.25) is 9.59 Å². The van der Waals surface area contributed by atoms with Crippen LogP contribution in [0.5, 0.6) is 5.75 Å². The van der Waals surface area contributed by atoms with Gasteiger partial charge < -0.3 is 19.6 Å². The second kappa shape index (κ2) is 8.94. The maximum absolute atomic E-state index is 12.5. The number of thioether (sulfide) groups is 1. The Kier molecular flexibility index (Phi) is 6.93. The minimum absolute atomic E-state index is 0.0658. The van der Waals surface area contributed by atoms with Gasteiger partial charge in [-0.1, -0.05) is 6.07 Å². The molecule has 24 heavy (non-hydrogen) atoms. The number of ether oxygens (including phenoxy) is 1. The van der Waals surface area contributed by atoms with Gasteiger partial charge in [0.15, 0.2) is 0 Å². The zero-order chi connectivity index (χ0) is 17.5. The van der Waals surface area contributed by atoms with Gasteiger partial charge in [0.25, 0.3) is 11.8 Å². The molecule has 0 unspecified atom stereocenters. The quantitative estimate of drug-likeness (QED) is 0.830. The summed E-state index contributed by atoms with van der Waals surface area (Å²) >= 11 is 1.61. The first-order valence-corrected chi connectivity index (χ1v) is 9.35. The van der Waals surface area contributed by atoms with Crippen LogP contribution in [0, 0.1) is 0 Å². The van der Waals surface area contributed by atoms with Gasteiger partial charge in [0.1, 0.15) is 11.9 Å². The Morgan fingerprint density at radius 3 is 2.54 bits per heavy atom.